The number of hydrogen-bond donors (Lipinski definition) is 3. The van der Waals surface area contributed by atoms with Gasteiger partial charge in [-0.25, -0.2) is 0 Å². The van der Waals surface area contributed by atoms with Gasteiger partial charge in [-0.1, -0.05) is 32.9 Å². The average Bonchev–Trinajstić information content (AvgIpc) is 2.77. The Morgan fingerprint density at radius 3 is 2.52 bits per heavy atom. The fraction of sp³-hybridized carbons (Fsp3) is 0.875. The van der Waals surface area contributed by atoms with Gasteiger partial charge in [-0.2, -0.15) is 0 Å². The Hall–Kier alpha value is -1.07. The molecule has 2 rings (SSSR count). The van der Waals surface area contributed by atoms with Gasteiger partial charge in [0, 0.05) is 52.1 Å². The topological polar surface area (TPSA) is 116 Å². The van der Waals surface area contributed by atoms with Crippen molar-refractivity contribution in [3.05, 3.63) is 12.2 Å². The van der Waals surface area contributed by atoms with Gasteiger partial charge in [-0.05, 0) is 19.8 Å². The molecule has 0 aliphatic carbocycles. The Morgan fingerprint density at radius 1 is 1.30 bits per heavy atom. The van der Waals surface area contributed by atoms with E-state index in [4.69, 9.17) is 23.7 Å². The first-order chi connectivity index (χ1) is 15.4. The molecule has 9 nitrogen and oxygen atoms in total. The lowest BCUT2D eigenvalue weighted by molar-refractivity contribution is -0.298. The third kappa shape index (κ3) is 6.14. The third-order valence-corrected chi connectivity index (χ3v) is 7.39. The van der Waals surface area contributed by atoms with Gasteiger partial charge in [-0.15, -0.1) is 0 Å². The molecule has 0 unspecified atom stereocenters. The molecule has 2 aliphatic rings. The molecule has 0 saturated carbocycles. The zero-order valence-corrected chi connectivity index (χ0v) is 21.1. The lowest BCUT2D eigenvalue weighted by atomic mass is 9.74. The van der Waals surface area contributed by atoms with E-state index in [0.29, 0.717) is 13.0 Å². The second-order valence-electron chi connectivity index (χ2n) is 9.90. The summed E-state index contributed by atoms with van der Waals surface area (Å²) in [6.45, 7) is 12.4. The second kappa shape index (κ2) is 11.6. The van der Waals surface area contributed by atoms with Crippen LogP contribution in [0.2, 0.25) is 0 Å². The van der Waals surface area contributed by atoms with Gasteiger partial charge < -0.3 is 39.2 Å². The van der Waals surface area contributed by atoms with E-state index >= 15 is 0 Å². The molecule has 0 radical (unpaired) electrons. The van der Waals surface area contributed by atoms with Crippen LogP contribution >= 0.6 is 0 Å². The molecule has 0 bridgehead atoms. The van der Waals surface area contributed by atoms with Crippen LogP contribution in [0.3, 0.4) is 0 Å². The SMILES string of the molecule is C=C1C[C@](OC)([C@H](O)C(=O)N[C@@H](OC)[C@@H]2C[C@@H](O)C(C)(C)[C@@H](CCCOC)O2)O[C@H](C)[C@@H]1C. The lowest BCUT2D eigenvalue weighted by Crippen LogP contribution is -2.62. The lowest BCUT2D eigenvalue weighted by Gasteiger charge is -2.48. The predicted molar refractivity (Wildman–Crippen MR) is 122 cm³/mol. The van der Waals surface area contributed by atoms with Gasteiger partial charge >= 0.3 is 0 Å². The van der Waals surface area contributed by atoms with Crippen molar-refractivity contribution in [1.29, 1.82) is 0 Å². The van der Waals surface area contributed by atoms with Gasteiger partial charge in [0.05, 0.1) is 18.3 Å². The van der Waals surface area contributed by atoms with Crippen molar-refractivity contribution in [2.75, 3.05) is 27.9 Å². The summed E-state index contributed by atoms with van der Waals surface area (Å²) in [6.07, 6.45) is -2.33. The van der Waals surface area contributed by atoms with Gasteiger partial charge in [-0.3, -0.25) is 4.79 Å². The second-order valence-corrected chi connectivity index (χ2v) is 9.90. The van der Waals surface area contributed by atoms with Crippen LogP contribution < -0.4 is 5.32 Å². The smallest absolute Gasteiger partial charge is 0.256 e. The van der Waals surface area contributed by atoms with E-state index < -0.39 is 41.6 Å². The molecule has 8 atom stereocenters. The molecule has 192 valence electrons. The molecule has 2 aliphatic heterocycles. The Balaban J connectivity index is 2.12. The molecule has 9 heteroatoms. The Morgan fingerprint density at radius 2 is 1.97 bits per heavy atom. The Bertz CT molecular complexity index is 671. The zero-order chi connectivity index (χ0) is 25.0. The maximum absolute atomic E-state index is 13.0. The molecule has 1 amide bonds. The van der Waals surface area contributed by atoms with Crippen molar-refractivity contribution in [2.24, 2.45) is 11.3 Å². The number of carbonyl (C=O) groups is 1. The predicted octanol–water partition coefficient (Wildman–Crippen LogP) is 1.75. The van der Waals surface area contributed by atoms with Crippen molar-refractivity contribution in [3.8, 4) is 0 Å². The van der Waals surface area contributed by atoms with E-state index in [1.165, 1.54) is 14.2 Å². The van der Waals surface area contributed by atoms with Crippen molar-refractivity contribution < 1.29 is 38.7 Å². The molecule has 0 spiro atoms. The molecule has 33 heavy (non-hydrogen) atoms. The summed E-state index contributed by atoms with van der Waals surface area (Å²) in [5, 5.41) is 24.4. The normalized spacial score (nSPS) is 36.3. The van der Waals surface area contributed by atoms with E-state index in [0.717, 1.165) is 12.0 Å². The first kappa shape index (κ1) is 28.2. The van der Waals surface area contributed by atoms with Crippen molar-refractivity contribution in [3.63, 3.8) is 0 Å². The Kier molecular flexibility index (Phi) is 9.88. The van der Waals surface area contributed by atoms with E-state index in [-0.39, 0.29) is 31.0 Å². The van der Waals surface area contributed by atoms with Gasteiger partial charge in [0.1, 0.15) is 6.10 Å². The van der Waals surface area contributed by atoms with Crippen molar-refractivity contribution in [2.45, 2.75) is 95.9 Å². The molecule has 0 aromatic rings. The number of rotatable bonds is 10. The van der Waals surface area contributed by atoms with Gasteiger partial charge in [0.15, 0.2) is 12.3 Å². The third-order valence-electron chi connectivity index (χ3n) is 7.39. The van der Waals surface area contributed by atoms with Crippen LogP contribution in [-0.2, 0) is 28.5 Å². The maximum atomic E-state index is 13.0. The van der Waals surface area contributed by atoms with E-state index in [9.17, 15) is 15.0 Å². The number of aliphatic hydroxyl groups is 2. The minimum Gasteiger partial charge on any atom is -0.392 e. The number of hydrogen-bond acceptors (Lipinski definition) is 8. The van der Waals surface area contributed by atoms with Crippen molar-refractivity contribution >= 4 is 5.91 Å². The fourth-order valence-corrected chi connectivity index (χ4v) is 4.61. The zero-order valence-electron chi connectivity index (χ0n) is 21.1. The standard InChI is InChI=1S/C24H43NO8/c1-14-13-24(31-8,33-16(3)15(14)2)20(27)21(28)25-22(30-7)17-12-18(26)23(4,5)19(32-17)10-9-11-29-6/h15-20,22,26-27H,1,9-13H2,2-8H3,(H,25,28)/t15-,16-,17+,18-,19-,20-,22+,24-/m1/s1. The largest absolute Gasteiger partial charge is 0.392 e. The number of carbonyl (C=O) groups excluding carboxylic acids is 1. The summed E-state index contributed by atoms with van der Waals surface area (Å²) in [6, 6.07) is 0. The summed E-state index contributed by atoms with van der Waals surface area (Å²) in [5.74, 6) is -2.17. The monoisotopic (exact) mass is 473 g/mol. The number of methoxy groups -OCH3 is 3. The molecule has 0 aromatic carbocycles. The number of aliphatic hydroxyl groups excluding tert-OH is 2. The van der Waals surface area contributed by atoms with E-state index in [1.807, 2.05) is 27.7 Å². The summed E-state index contributed by atoms with van der Waals surface area (Å²) >= 11 is 0. The number of nitrogens with one attached hydrogen (secondary N) is 1. The first-order valence-electron chi connectivity index (χ1n) is 11.7. The maximum Gasteiger partial charge on any atom is 0.256 e. The minimum absolute atomic E-state index is 0.0748. The highest BCUT2D eigenvalue weighted by atomic mass is 16.7. The van der Waals surface area contributed by atoms with Crippen LogP contribution in [0.1, 0.15) is 53.4 Å². The summed E-state index contributed by atoms with van der Waals surface area (Å²) in [4.78, 5) is 13.0. The molecule has 2 saturated heterocycles. The molecule has 2 fully saturated rings. The highest BCUT2D eigenvalue weighted by Crippen LogP contribution is 2.40. The van der Waals surface area contributed by atoms with Crippen molar-refractivity contribution in [1.82, 2.24) is 5.32 Å². The van der Waals surface area contributed by atoms with Crippen LogP contribution in [0.5, 0.6) is 0 Å². The van der Waals surface area contributed by atoms with Gasteiger partial charge in [0.2, 0.25) is 5.79 Å². The van der Waals surface area contributed by atoms with Crippen LogP contribution in [0, 0.1) is 11.3 Å². The summed E-state index contributed by atoms with van der Waals surface area (Å²) in [7, 11) is 4.49. The number of amides is 1. The highest BCUT2D eigenvalue weighted by Gasteiger charge is 2.51. The molecule has 0 aromatic heterocycles. The average molecular weight is 474 g/mol. The summed E-state index contributed by atoms with van der Waals surface area (Å²) < 4.78 is 28.4. The first-order valence-corrected chi connectivity index (χ1v) is 11.7. The fourth-order valence-electron chi connectivity index (χ4n) is 4.61. The van der Waals surface area contributed by atoms with Crippen LogP contribution in [0.15, 0.2) is 12.2 Å². The molecular formula is C24H43NO8. The molecule has 2 heterocycles. The van der Waals surface area contributed by atoms with Crippen LogP contribution in [0.4, 0.5) is 0 Å². The van der Waals surface area contributed by atoms with Crippen LogP contribution in [0.25, 0.3) is 0 Å². The quantitative estimate of drug-likeness (QED) is 0.250. The molecule has 3 N–H and O–H groups in total. The molecular weight excluding hydrogens is 430 g/mol. The van der Waals surface area contributed by atoms with Crippen LogP contribution in [-0.4, -0.2) is 86.6 Å². The van der Waals surface area contributed by atoms with Gasteiger partial charge in [0.25, 0.3) is 5.91 Å². The van der Waals surface area contributed by atoms with E-state index in [2.05, 4.69) is 11.9 Å². The summed E-state index contributed by atoms with van der Waals surface area (Å²) in [5.41, 5.74) is 0.376. The minimum atomic E-state index is -1.62. The Labute approximate surface area is 197 Å². The van der Waals surface area contributed by atoms with E-state index in [1.54, 1.807) is 7.11 Å². The number of ether oxygens (including phenoxy) is 5. The highest BCUT2D eigenvalue weighted by molar-refractivity contribution is 5.82.